The summed E-state index contributed by atoms with van der Waals surface area (Å²) < 4.78 is 0. The van der Waals surface area contributed by atoms with Gasteiger partial charge in [0, 0.05) is 13.2 Å². The number of aliphatic hydroxyl groups is 1. The van der Waals surface area contributed by atoms with Crippen molar-refractivity contribution in [2.24, 2.45) is 0 Å². The first kappa shape index (κ1) is 14.3. The van der Waals surface area contributed by atoms with Crippen LogP contribution in [-0.2, 0) is 6.54 Å². The van der Waals surface area contributed by atoms with Crippen molar-refractivity contribution < 1.29 is 5.11 Å². The predicted octanol–water partition coefficient (Wildman–Crippen LogP) is 3.17. The van der Waals surface area contributed by atoms with E-state index in [0.717, 1.165) is 19.4 Å². The third-order valence-corrected chi connectivity index (χ3v) is 2.52. The molecule has 0 heterocycles. The van der Waals surface area contributed by atoms with Crippen LogP contribution in [0.25, 0.3) is 0 Å². The quantitative estimate of drug-likeness (QED) is 0.687. The molecule has 0 fully saturated rings. The van der Waals surface area contributed by atoms with E-state index in [0.29, 0.717) is 0 Å². The number of rotatable bonds is 8. The molecule has 2 heteroatoms. The van der Waals surface area contributed by atoms with Crippen LogP contribution in [0.3, 0.4) is 0 Å². The number of benzene rings is 1. The van der Waals surface area contributed by atoms with Gasteiger partial charge < -0.3 is 10.4 Å². The Morgan fingerprint density at radius 3 is 2.72 bits per heavy atom. The Bertz CT molecular complexity index is 393. The van der Waals surface area contributed by atoms with Crippen molar-refractivity contribution in [3.05, 3.63) is 72.5 Å². The summed E-state index contributed by atoms with van der Waals surface area (Å²) in [5, 5.41) is 12.1. The first-order valence-corrected chi connectivity index (χ1v) is 6.23. The van der Waals surface area contributed by atoms with E-state index in [1.807, 2.05) is 36.6 Å². The van der Waals surface area contributed by atoms with Crippen LogP contribution >= 0.6 is 0 Å². The van der Waals surface area contributed by atoms with E-state index in [9.17, 15) is 0 Å². The van der Waals surface area contributed by atoms with Crippen molar-refractivity contribution in [3.63, 3.8) is 0 Å². The van der Waals surface area contributed by atoms with Gasteiger partial charge in [-0.25, -0.2) is 0 Å². The summed E-state index contributed by atoms with van der Waals surface area (Å²) in [7, 11) is 0. The Kier molecular flexibility index (Phi) is 7.33. The first-order valence-electron chi connectivity index (χ1n) is 6.23. The molecule has 0 spiro atoms. The van der Waals surface area contributed by atoms with Crippen molar-refractivity contribution >= 4 is 0 Å². The standard InChI is InChI=1S/C16H21NO/c1-2-7-15(10-6-13-18)11-12-17-14-16-8-4-3-5-9-16/h2-5,7-9,11-12,17-18H,1,6,10,13-14H2/b12-11-,15-7-. The van der Waals surface area contributed by atoms with Crippen molar-refractivity contribution in [2.75, 3.05) is 6.61 Å². The van der Waals surface area contributed by atoms with E-state index in [4.69, 9.17) is 5.11 Å². The lowest BCUT2D eigenvalue weighted by atomic mass is 10.1. The van der Waals surface area contributed by atoms with E-state index < -0.39 is 0 Å². The van der Waals surface area contributed by atoms with Crippen LogP contribution in [-0.4, -0.2) is 11.7 Å². The second kappa shape index (κ2) is 9.25. The molecule has 2 N–H and O–H groups in total. The third-order valence-electron chi connectivity index (χ3n) is 2.52. The zero-order chi connectivity index (χ0) is 13.1. The highest BCUT2D eigenvalue weighted by Gasteiger charge is 1.91. The van der Waals surface area contributed by atoms with Crippen molar-refractivity contribution in [3.8, 4) is 0 Å². The van der Waals surface area contributed by atoms with Gasteiger partial charge in [0.1, 0.15) is 0 Å². The van der Waals surface area contributed by atoms with Gasteiger partial charge in [-0.1, -0.05) is 49.1 Å². The van der Waals surface area contributed by atoms with Crippen LogP contribution in [0.1, 0.15) is 18.4 Å². The van der Waals surface area contributed by atoms with Gasteiger partial charge in [-0.3, -0.25) is 0 Å². The number of hydrogen-bond acceptors (Lipinski definition) is 2. The molecular weight excluding hydrogens is 222 g/mol. The van der Waals surface area contributed by atoms with Crippen LogP contribution in [0.2, 0.25) is 0 Å². The maximum atomic E-state index is 8.81. The van der Waals surface area contributed by atoms with Gasteiger partial charge in [-0.05, 0) is 36.3 Å². The summed E-state index contributed by atoms with van der Waals surface area (Å²) in [6, 6.07) is 10.3. The Labute approximate surface area is 109 Å². The Hall–Kier alpha value is -1.80. The molecular formula is C16H21NO. The molecule has 0 amide bonds. The van der Waals surface area contributed by atoms with Gasteiger partial charge in [0.25, 0.3) is 0 Å². The highest BCUT2D eigenvalue weighted by Crippen LogP contribution is 2.06. The average Bonchev–Trinajstić information content (AvgIpc) is 2.42. The summed E-state index contributed by atoms with van der Waals surface area (Å²) in [5.41, 5.74) is 2.42. The summed E-state index contributed by atoms with van der Waals surface area (Å²) in [4.78, 5) is 0. The highest BCUT2D eigenvalue weighted by molar-refractivity contribution is 5.23. The molecule has 0 aliphatic carbocycles. The third kappa shape index (κ3) is 6.06. The Balaban J connectivity index is 2.37. The van der Waals surface area contributed by atoms with Gasteiger partial charge in [0.05, 0.1) is 0 Å². The molecule has 0 radical (unpaired) electrons. The maximum absolute atomic E-state index is 8.81. The number of aliphatic hydroxyl groups excluding tert-OH is 1. The van der Waals surface area contributed by atoms with Crippen LogP contribution in [0, 0.1) is 0 Å². The molecule has 18 heavy (non-hydrogen) atoms. The Morgan fingerprint density at radius 1 is 1.28 bits per heavy atom. The van der Waals surface area contributed by atoms with Gasteiger partial charge in [-0.15, -0.1) is 0 Å². The summed E-state index contributed by atoms with van der Waals surface area (Å²) in [6.45, 7) is 4.73. The van der Waals surface area contributed by atoms with Gasteiger partial charge >= 0.3 is 0 Å². The van der Waals surface area contributed by atoms with Gasteiger partial charge in [0.15, 0.2) is 0 Å². The van der Waals surface area contributed by atoms with Crippen molar-refractivity contribution in [2.45, 2.75) is 19.4 Å². The lowest BCUT2D eigenvalue weighted by Crippen LogP contribution is -2.04. The molecule has 1 rings (SSSR count). The van der Waals surface area contributed by atoms with E-state index >= 15 is 0 Å². The molecule has 1 aromatic carbocycles. The van der Waals surface area contributed by atoms with Crippen LogP contribution in [0.5, 0.6) is 0 Å². The summed E-state index contributed by atoms with van der Waals surface area (Å²) in [5.74, 6) is 0. The summed E-state index contributed by atoms with van der Waals surface area (Å²) in [6.07, 6.45) is 9.36. The van der Waals surface area contributed by atoms with Crippen LogP contribution < -0.4 is 5.32 Å². The lowest BCUT2D eigenvalue weighted by molar-refractivity contribution is 0.289. The normalized spacial score (nSPS) is 11.7. The SMILES string of the molecule is C=C/C=C(\C=C/NCc1ccccc1)CCCO. The summed E-state index contributed by atoms with van der Waals surface area (Å²) >= 11 is 0. The largest absolute Gasteiger partial charge is 0.396 e. The van der Waals surface area contributed by atoms with E-state index in [1.165, 1.54) is 11.1 Å². The maximum Gasteiger partial charge on any atom is 0.0434 e. The molecule has 1 aromatic rings. The van der Waals surface area contributed by atoms with Crippen molar-refractivity contribution in [1.29, 1.82) is 0 Å². The first-order chi connectivity index (χ1) is 8.86. The average molecular weight is 243 g/mol. The molecule has 2 nitrogen and oxygen atoms in total. The van der Waals surface area contributed by atoms with E-state index in [2.05, 4.69) is 24.0 Å². The second-order valence-electron chi connectivity index (χ2n) is 4.00. The van der Waals surface area contributed by atoms with Crippen molar-refractivity contribution in [1.82, 2.24) is 5.32 Å². The highest BCUT2D eigenvalue weighted by atomic mass is 16.2. The molecule has 0 aromatic heterocycles. The molecule has 0 saturated carbocycles. The Morgan fingerprint density at radius 2 is 2.06 bits per heavy atom. The topological polar surface area (TPSA) is 32.3 Å². The fraction of sp³-hybridized carbons (Fsp3) is 0.250. The molecule has 0 aliphatic rings. The van der Waals surface area contributed by atoms with E-state index in [1.54, 1.807) is 6.08 Å². The lowest BCUT2D eigenvalue weighted by Gasteiger charge is -2.02. The fourth-order valence-electron chi connectivity index (χ4n) is 1.60. The smallest absolute Gasteiger partial charge is 0.0434 e. The minimum absolute atomic E-state index is 0.222. The molecule has 0 atom stereocenters. The predicted molar refractivity (Wildman–Crippen MR) is 77.0 cm³/mol. The number of nitrogens with one attached hydrogen (secondary N) is 1. The molecule has 0 saturated heterocycles. The van der Waals surface area contributed by atoms with Crippen LogP contribution in [0.4, 0.5) is 0 Å². The monoisotopic (exact) mass is 243 g/mol. The van der Waals surface area contributed by atoms with Gasteiger partial charge in [-0.2, -0.15) is 0 Å². The second-order valence-corrected chi connectivity index (χ2v) is 4.00. The zero-order valence-electron chi connectivity index (χ0n) is 10.7. The molecule has 0 bridgehead atoms. The van der Waals surface area contributed by atoms with E-state index in [-0.39, 0.29) is 6.61 Å². The minimum atomic E-state index is 0.222. The fourth-order valence-corrected chi connectivity index (χ4v) is 1.60. The van der Waals surface area contributed by atoms with Crippen LogP contribution in [0.15, 0.2) is 66.9 Å². The zero-order valence-corrected chi connectivity index (χ0v) is 10.7. The van der Waals surface area contributed by atoms with Gasteiger partial charge in [0.2, 0.25) is 0 Å². The molecule has 0 aliphatic heterocycles. The number of hydrogen-bond donors (Lipinski definition) is 2. The number of allylic oxidation sites excluding steroid dienone is 4. The molecule has 96 valence electrons. The molecule has 0 unspecified atom stereocenters. The minimum Gasteiger partial charge on any atom is -0.396 e.